The standard InChI is InChI=1S/C25H35ClO9/c1-5-6-7-8-9-10-14-24(31)18(22(30)25(26)23(24)35-25)15-20(34-17(3)28)19(33-16(2)27)12-11-13-21(29)32-4/h9-10,15,19-20,23,31H,5-8,11-14H2,1-4H3. The Labute approximate surface area is 210 Å². The summed E-state index contributed by atoms with van der Waals surface area (Å²) in [5, 5.41) is 9.80. The fourth-order valence-electron chi connectivity index (χ4n) is 4.19. The molecule has 0 spiro atoms. The number of esters is 3. The Morgan fingerprint density at radius 2 is 1.83 bits per heavy atom. The fourth-order valence-corrected chi connectivity index (χ4v) is 4.56. The highest BCUT2D eigenvalue weighted by Gasteiger charge is 2.78. The summed E-state index contributed by atoms with van der Waals surface area (Å²) in [6, 6.07) is 0. The van der Waals surface area contributed by atoms with Gasteiger partial charge in [0.25, 0.3) is 0 Å². The molecule has 9 nitrogen and oxygen atoms in total. The lowest BCUT2D eigenvalue weighted by atomic mass is 9.89. The molecule has 196 valence electrons. The first-order valence-electron chi connectivity index (χ1n) is 11.9. The molecule has 0 aromatic heterocycles. The van der Waals surface area contributed by atoms with Crippen LogP contribution >= 0.6 is 11.6 Å². The number of hydrogen-bond acceptors (Lipinski definition) is 9. The van der Waals surface area contributed by atoms with Gasteiger partial charge in [-0.3, -0.25) is 19.2 Å². The molecule has 1 heterocycles. The van der Waals surface area contributed by atoms with Crippen molar-refractivity contribution < 1.29 is 43.2 Å². The minimum Gasteiger partial charge on any atom is -0.469 e. The quantitative estimate of drug-likeness (QED) is 0.0705. The first-order chi connectivity index (χ1) is 16.5. The number of rotatable bonds is 14. The van der Waals surface area contributed by atoms with Gasteiger partial charge < -0.3 is 24.1 Å². The van der Waals surface area contributed by atoms with E-state index >= 15 is 0 Å². The lowest BCUT2D eigenvalue weighted by Crippen LogP contribution is -2.39. The van der Waals surface area contributed by atoms with E-state index in [0.717, 1.165) is 25.7 Å². The number of alkyl halides is 1. The van der Waals surface area contributed by atoms with Gasteiger partial charge in [-0.1, -0.05) is 43.5 Å². The van der Waals surface area contributed by atoms with Gasteiger partial charge in [0, 0.05) is 32.3 Å². The average molecular weight is 515 g/mol. The van der Waals surface area contributed by atoms with Gasteiger partial charge in [0.1, 0.15) is 17.8 Å². The number of aliphatic hydroxyl groups is 1. The van der Waals surface area contributed by atoms with E-state index in [1.54, 1.807) is 6.08 Å². The zero-order chi connectivity index (χ0) is 26.2. The number of halogens is 1. The van der Waals surface area contributed by atoms with E-state index in [9.17, 15) is 24.3 Å². The van der Waals surface area contributed by atoms with Gasteiger partial charge in [-0.2, -0.15) is 0 Å². The molecular formula is C25H35ClO9. The maximum absolute atomic E-state index is 13.0. The van der Waals surface area contributed by atoms with Crippen LogP contribution in [0.1, 0.15) is 72.1 Å². The first kappa shape index (κ1) is 29.0. The molecule has 1 aliphatic carbocycles. The molecule has 1 aliphatic heterocycles. The summed E-state index contributed by atoms with van der Waals surface area (Å²) >= 11 is 6.30. The summed E-state index contributed by atoms with van der Waals surface area (Å²) in [6.07, 6.45) is 6.44. The molecule has 0 aromatic carbocycles. The normalized spacial score (nSPS) is 28.0. The van der Waals surface area contributed by atoms with Crippen LogP contribution in [0.3, 0.4) is 0 Å². The highest BCUT2D eigenvalue weighted by molar-refractivity contribution is 6.41. The Morgan fingerprint density at radius 3 is 2.43 bits per heavy atom. The van der Waals surface area contributed by atoms with Crippen LogP contribution < -0.4 is 0 Å². The largest absolute Gasteiger partial charge is 0.469 e. The summed E-state index contributed by atoms with van der Waals surface area (Å²) in [6.45, 7) is 4.48. The van der Waals surface area contributed by atoms with E-state index in [0.29, 0.717) is 0 Å². The molecule has 1 N–H and O–H groups in total. The van der Waals surface area contributed by atoms with Crippen molar-refractivity contribution in [1.29, 1.82) is 0 Å². The number of ketones is 1. The third-order valence-corrected chi connectivity index (χ3v) is 6.47. The lowest BCUT2D eigenvalue weighted by molar-refractivity contribution is -0.162. The molecule has 0 aromatic rings. The zero-order valence-corrected chi connectivity index (χ0v) is 21.5. The average Bonchev–Trinajstić information content (AvgIpc) is 3.47. The van der Waals surface area contributed by atoms with Crippen LogP contribution in [-0.4, -0.2) is 64.9 Å². The molecule has 5 atom stereocenters. The molecule has 1 saturated heterocycles. The third kappa shape index (κ3) is 7.38. The van der Waals surface area contributed by atoms with E-state index < -0.39 is 52.7 Å². The van der Waals surface area contributed by atoms with Gasteiger partial charge >= 0.3 is 17.9 Å². The fraction of sp³-hybridized carbons (Fsp3) is 0.680. The van der Waals surface area contributed by atoms with E-state index in [4.69, 9.17) is 25.8 Å². The number of unbranched alkanes of at least 4 members (excludes halogenated alkanes) is 3. The smallest absolute Gasteiger partial charge is 0.305 e. The summed E-state index contributed by atoms with van der Waals surface area (Å²) in [7, 11) is 1.26. The van der Waals surface area contributed by atoms with E-state index in [-0.39, 0.29) is 31.3 Å². The van der Waals surface area contributed by atoms with Gasteiger partial charge in [-0.15, -0.1) is 0 Å². The first-order valence-corrected chi connectivity index (χ1v) is 12.3. The monoisotopic (exact) mass is 514 g/mol. The maximum atomic E-state index is 13.0. The Balaban J connectivity index is 2.32. The highest BCUT2D eigenvalue weighted by Crippen LogP contribution is 2.59. The molecule has 5 unspecified atom stereocenters. The van der Waals surface area contributed by atoms with Crippen LogP contribution in [0, 0.1) is 0 Å². The maximum Gasteiger partial charge on any atom is 0.305 e. The van der Waals surface area contributed by atoms with Crippen molar-refractivity contribution in [3.8, 4) is 0 Å². The molecule has 0 amide bonds. The van der Waals surface area contributed by atoms with Crippen molar-refractivity contribution in [2.24, 2.45) is 0 Å². The summed E-state index contributed by atoms with van der Waals surface area (Å²) in [5.74, 6) is -2.38. The Bertz CT molecular complexity index is 867. The summed E-state index contributed by atoms with van der Waals surface area (Å²) in [5.41, 5.74) is -1.79. The Hall–Kier alpha value is -2.23. The van der Waals surface area contributed by atoms with Crippen molar-refractivity contribution in [3.63, 3.8) is 0 Å². The van der Waals surface area contributed by atoms with Crippen LogP contribution in [0.2, 0.25) is 0 Å². The van der Waals surface area contributed by atoms with E-state index in [1.165, 1.54) is 27.0 Å². The topological polar surface area (TPSA) is 129 Å². The molecule has 2 rings (SSSR count). The van der Waals surface area contributed by atoms with E-state index in [2.05, 4.69) is 11.7 Å². The van der Waals surface area contributed by atoms with Gasteiger partial charge in [0.2, 0.25) is 10.8 Å². The second-order valence-electron chi connectivity index (χ2n) is 8.84. The zero-order valence-electron chi connectivity index (χ0n) is 20.7. The summed E-state index contributed by atoms with van der Waals surface area (Å²) < 4.78 is 20.7. The number of ether oxygens (including phenoxy) is 4. The third-order valence-electron chi connectivity index (χ3n) is 6.01. The minimum absolute atomic E-state index is 0.0571. The van der Waals surface area contributed by atoms with Crippen molar-refractivity contribution in [2.75, 3.05) is 7.11 Å². The number of fused-ring (bicyclic) bond motifs is 1. The molecule has 10 heteroatoms. The molecule has 35 heavy (non-hydrogen) atoms. The van der Waals surface area contributed by atoms with Crippen LogP contribution in [0.15, 0.2) is 23.8 Å². The number of carbonyl (C=O) groups is 4. The molecular weight excluding hydrogens is 480 g/mol. The SMILES string of the molecule is CCCCCC=CCC1(O)C(=CC(OC(C)=O)C(CCCC(=O)OC)OC(C)=O)C(=O)C2(Cl)OC12. The van der Waals surface area contributed by atoms with Gasteiger partial charge in [-0.05, 0) is 31.8 Å². The molecule has 1 saturated carbocycles. The van der Waals surface area contributed by atoms with Gasteiger partial charge in [0.05, 0.1) is 7.11 Å². The van der Waals surface area contributed by atoms with Crippen LogP contribution in [0.25, 0.3) is 0 Å². The Morgan fingerprint density at radius 1 is 1.14 bits per heavy atom. The number of hydrogen-bond donors (Lipinski definition) is 1. The molecule has 2 fully saturated rings. The number of epoxide rings is 1. The number of Topliss-reactive ketones (excluding diaryl/α,β-unsaturated/α-hetero) is 1. The minimum atomic E-state index is -1.73. The second kappa shape index (κ2) is 12.6. The Kier molecular flexibility index (Phi) is 10.5. The van der Waals surface area contributed by atoms with Crippen LogP contribution in [0.4, 0.5) is 0 Å². The number of carbonyl (C=O) groups excluding carboxylic acids is 4. The molecule has 0 bridgehead atoms. The highest BCUT2D eigenvalue weighted by atomic mass is 35.5. The number of allylic oxidation sites excluding steroid dienone is 1. The van der Waals surface area contributed by atoms with Crippen molar-refractivity contribution in [1.82, 2.24) is 0 Å². The summed E-state index contributed by atoms with van der Waals surface area (Å²) in [4.78, 5) is 48.1. The van der Waals surface area contributed by atoms with Crippen molar-refractivity contribution in [2.45, 2.75) is 101 Å². The predicted octanol–water partition coefficient (Wildman–Crippen LogP) is 3.29. The van der Waals surface area contributed by atoms with Crippen LogP contribution in [-0.2, 0) is 38.1 Å². The van der Waals surface area contributed by atoms with Crippen LogP contribution in [0.5, 0.6) is 0 Å². The number of methoxy groups -OCH3 is 1. The second-order valence-corrected chi connectivity index (χ2v) is 9.40. The molecule has 2 aliphatic rings. The lowest BCUT2D eigenvalue weighted by Gasteiger charge is -2.28. The predicted molar refractivity (Wildman–Crippen MR) is 126 cm³/mol. The van der Waals surface area contributed by atoms with Gasteiger partial charge in [0.15, 0.2) is 6.10 Å². The van der Waals surface area contributed by atoms with E-state index in [1.807, 2.05) is 6.08 Å². The van der Waals surface area contributed by atoms with Gasteiger partial charge in [-0.25, -0.2) is 0 Å². The molecule has 0 radical (unpaired) electrons. The van der Waals surface area contributed by atoms with Crippen molar-refractivity contribution >= 4 is 35.3 Å². The van der Waals surface area contributed by atoms with Crippen molar-refractivity contribution in [3.05, 3.63) is 23.8 Å².